The van der Waals surface area contributed by atoms with Crippen molar-refractivity contribution in [1.82, 2.24) is 5.32 Å². The number of nitrogens with two attached hydrogens (primary N) is 2. The first-order chi connectivity index (χ1) is 5.63. The standard InChI is InChI=1S/C9H23N3/c1-8(10)4-3-6-12-7-5-9(2)11/h8-9,12H,3-7,10-11H2,1-2H3. The van der Waals surface area contributed by atoms with Crippen molar-refractivity contribution >= 4 is 0 Å². The number of hydrogen-bond donors (Lipinski definition) is 3. The summed E-state index contributed by atoms with van der Waals surface area (Å²) in [5.74, 6) is 0. The van der Waals surface area contributed by atoms with E-state index in [4.69, 9.17) is 11.5 Å². The Bertz CT molecular complexity index is 79.8. The molecule has 0 aromatic rings. The molecule has 3 nitrogen and oxygen atoms in total. The Morgan fingerprint density at radius 3 is 2.08 bits per heavy atom. The van der Waals surface area contributed by atoms with E-state index >= 15 is 0 Å². The van der Waals surface area contributed by atoms with Crippen LogP contribution in [-0.2, 0) is 0 Å². The van der Waals surface area contributed by atoms with Crippen LogP contribution in [-0.4, -0.2) is 25.2 Å². The van der Waals surface area contributed by atoms with Gasteiger partial charge in [0.25, 0.3) is 0 Å². The van der Waals surface area contributed by atoms with Crippen LogP contribution in [0, 0.1) is 0 Å². The Balaban J connectivity index is 2.91. The van der Waals surface area contributed by atoms with Gasteiger partial charge in [0.05, 0.1) is 0 Å². The largest absolute Gasteiger partial charge is 0.328 e. The summed E-state index contributed by atoms with van der Waals surface area (Å²) in [6.45, 7) is 6.16. The van der Waals surface area contributed by atoms with Gasteiger partial charge in [0.1, 0.15) is 0 Å². The first kappa shape index (κ1) is 11.9. The molecule has 0 aliphatic rings. The molecule has 0 saturated heterocycles. The van der Waals surface area contributed by atoms with Crippen molar-refractivity contribution in [3.63, 3.8) is 0 Å². The molecule has 5 N–H and O–H groups in total. The van der Waals surface area contributed by atoms with E-state index in [1.807, 2.05) is 13.8 Å². The maximum absolute atomic E-state index is 5.61. The van der Waals surface area contributed by atoms with Crippen LogP contribution in [0.15, 0.2) is 0 Å². The highest BCUT2D eigenvalue weighted by molar-refractivity contribution is 4.58. The normalized spacial score (nSPS) is 16.0. The Hall–Kier alpha value is -0.120. The quantitative estimate of drug-likeness (QED) is 0.490. The zero-order valence-electron chi connectivity index (χ0n) is 8.34. The highest BCUT2D eigenvalue weighted by Gasteiger charge is 1.95. The highest BCUT2D eigenvalue weighted by atomic mass is 14.9. The molecule has 3 heteroatoms. The second-order valence-electron chi connectivity index (χ2n) is 3.64. The summed E-state index contributed by atoms with van der Waals surface area (Å²) in [5.41, 5.74) is 11.2. The summed E-state index contributed by atoms with van der Waals surface area (Å²) < 4.78 is 0. The Morgan fingerprint density at radius 2 is 1.58 bits per heavy atom. The lowest BCUT2D eigenvalue weighted by Crippen LogP contribution is -2.25. The van der Waals surface area contributed by atoms with E-state index in [1.54, 1.807) is 0 Å². The maximum Gasteiger partial charge on any atom is 0.00225 e. The topological polar surface area (TPSA) is 64.1 Å². The van der Waals surface area contributed by atoms with Gasteiger partial charge in [-0.15, -0.1) is 0 Å². The number of rotatable bonds is 7. The average molecular weight is 173 g/mol. The molecule has 12 heavy (non-hydrogen) atoms. The molecule has 2 unspecified atom stereocenters. The molecule has 0 heterocycles. The molecule has 0 amide bonds. The Kier molecular flexibility index (Phi) is 7.45. The number of hydrogen-bond acceptors (Lipinski definition) is 3. The second-order valence-corrected chi connectivity index (χ2v) is 3.64. The molecule has 0 fully saturated rings. The van der Waals surface area contributed by atoms with Crippen LogP contribution < -0.4 is 16.8 Å². The first-order valence-electron chi connectivity index (χ1n) is 4.84. The fourth-order valence-electron chi connectivity index (χ4n) is 1.00. The molecule has 0 aliphatic heterocycles. The highest BCUT2D eigenvalue weighted by Crippen LogP contribution is 1.91. The fourth-order valence-corrected chi connectivity index (χ4v) is 1.00. The van der Waals surface area contributed by atoms with Crippen LogP contribution in [0.1, 0.15) is 33.1 Å². The molecular formula is C9H23N3. The minimum absolute atomic E-state index is 0.311. The van der Waals surface area contributed by atoms with Gasteiger partial charge in [-0.25, -0.2) is 0 Å². The molecule has 74 valence electrons. The van der Waals surface area contributed by atoms with E-state index in [2.05, 4.69) is 5.32 Å². The van der Waals surface area contributed by atoms with Gasteiger partial charge in [0.15, 0.2) is 0 Å². The smallest absolute Gasteiger partial charge is 0.00225 e. The molecule has 0 aromatic heterocycles. The maximum atomic E-state index is 5.61. The van der Waals surface area contributed by atoms with Gasteiger partial charge >= 0.3 is 0 Å². The van der Waals surface area contributed by atoms with Gasteiger partial charge < -0.3 is 16.8 Å². The molecule has 0 saturated carbocycles. The third-order valence-electron chi connectivity index (χ3n) is 1.79. The van der Waals surface area contributed by atoms with Crippen LogP contribution in [0.25, 0.3) is 0 Å². The van der Waals surface area contributed by atoms with Crippen molar-refractivity contribution in [1.29, 1.82) is 0 Å². The Labute approximate surface area is 75.9 Å². The first-order valence-corrected chi connectivity index (χ1v) is 4.84. The van der Waals surface area contributed by atoms with Crippen molar-refractivity contribution in [2.75, 3.05) is 13.1 Å². The summed E-state index contributed by atoms with van der Waals surface area (Å²) in [7, 11) is 0. The van der Waals surface area contributed by atoms with Crippen LogP contribution in [0.3, 0.4) is 0 Å². The van der Waals surface area contributed by atoms with Gasteiger partial charge in [-0.1, -0.05) is 0 Å². The predicted molar refractivity (Wildman–Crippen MR) is 54.0 cm³/mol. The van der Waals surface area contributed by atoms with E-state index in [9.17, 15) is 0 Å². The van der Waals surface area contributed by atoms with E-state index < -0.39 is 0 Å². The summed E-state index contributed by atoms with van der Waals surface area (Å²) >= 11 is 0. The Morgan fingerprint density at radius 1 is 1.00 bits per heavy atom. The third-order valence-corrected chi connectivity index (χ3v) is 1.79. The average Bonchev–Trinajstić information content (AvgIpc) is 1.95. The predicted octanol–water partition coefficient (Wildman–Crippen LogP) is 0.441. The van der Waals surface area contributed by atoms with Crippen molar-refractivity contribution in [3.05, 3.63) is 0 Å². The van der Waals surface area contributed by atoms with Crippen molar-refractivity contribution in [2.45, 2.75) is 45.2 Å². The number of nitrogens with one attached hydrogen (secondary N) is 1. The molecule has 0 bridgehead atoms. The van der Waals surface area contributed by atoms with Crippen LogP contribution in [0.2, 0.25) is 0 Å². The molecule has 0 aliphatic carbocycles. The molecule has 2 atom stereocenters. The van der Waals surface area contributed by atoms with Crippen molar-refractivity contribution < 1.29 is 0 Å². The third kappa shape index (κ3) is 9.88. The lowest BCUT2D eigenvalue weighted by atomic mass is 10.2. The molecule has 0 spiro atoms. The van der Waals surface area contributed by atoms with Gasteiger partial charge in [-0.05, 0) is 46.2 Å². The second kappa shape index (κ2) is 7.53. The molecule has 0 radical (unpaired) electrons. The van der Waals surface area contributed by atoms with E-state index in [1.165, 1.54) is 0 Å². The summed E-state index contributed by atoms with van der Waals surface area (Å²) in [4.78, 5) is 0. The van der Waals surface area contributed by atoms with Gasteiger partial charge in [-0.3, -0.25) is 0 Å². The SMILES string of the molecule is CC(N)CCCNCCC(C)N. The molecule has 0 aromatic carbocycles. The van der Waals surface area contributed by atoms with Gasteiger partial charge in [0.2, 0.25) is 0 Å². The monoisotopic (exact) mass is 173 g/mol. The van der Waals surface area contributed by atoms with E-state index in [-0.39, 0.29) is 0 Å². The summed E-state index contributed by atoms with van der Waals surface area (Å²) in [6.07, 6.45) is 3.32. The molecule has 0 rings (SSSR count). The van der Waals surface area contributed by atoms with E-state index in [0.717, 1.165) is 32.4 Å². The lowest BCUT2D eigenvalue weighted by Gasteiger charge is -2.07. The zero-order chi connectivity index (χ0) is 9.40. The van der Waals surface area contributed by atoms with E-state index in [0.29, 0.717) is 12.1 Å². The summed E-state index contributed by atoms with van der Waals surface area (Å²) in [6, 6.07) is 0.645. The minimum Gasteiger partial charge on any atom is -0.328 e. The van der Waals surface area contributed by atoms with Crippen LogP contribution in [0.4, 0.5) is 0 Å². The molecular weight excluding hydrogens is 150 g/mol. The van der Waals surface area contributed by atoms with Gasteiger partial charge in [0, 0.05) is 12.1 Å². The zero-order valence-corrected chi connectivity index (χ0v) is 8.34. The lowest BCUT2D eigenvalue weighted by molar-refractivity contribution is 0.546. The summed E-state index contributed by atoms with van der Waals surface area (Å²) in [5, 5.41) is 3.34. The fraction of sp³-hybridized carbons (Fsp3) is 1.00. The van der Waals surface area contributed by atoms with Crippen molar-refractivity contribution in [2.24, 2.45) is 11.5 Å². The van der Waals surface area contributed by atoms with Crippen LogP contribution in [0.5, 0.6) is 0 Å². The van der Waals surface area contributed by atoms with Crippen molar-refractivity contribution in [3.8, 4) is 0 Å². The van der Waals surface area contributed by atoms with Crippen LogP contribution >= 0.6 is 0 Å². The minimum atomic E-state index is 0.311. The van der Waals surface area contributed by atoms with Gasteiger partial charge in [-0.2, -0.15) is 0 Å².